The molecule has 5 nitrogen and oxygen atoms in total. The minimum atomic E-state index is -0.160. The molecule has 1 atom stereocenters. The highest BCUT2D eigenvalue weighted by Crippen LogP contribution is 2.15. The molecule has 0 spiro atoms. The lowest BCUT2D eigenvalue weighted by atomic mass is 10.1. The summed E-state index contributed by atoms with van der Waals surface area (Å²) in [6, 6.07) is 13.7. The van der Waals surface area contributed by atoms with Gasteiger partial charge in [-0.2, -0.15) is 0 Å². The van der Waals surface area contributed by atoms with Crippen LogP contribution < -0.4 is 16.0 Å². The third-order valence-corrected chi connectivity index (χ3v) is 3.75. The molecule has 122 valence electrons. The van der Waals surface area contributed by atoms with Crippen LogP contribution in [0.3, 0.4) is 0 Å². The van der Waals surface area contributed by atoms with Gasteiger partial charge in [-0.25, -0.2) is 0 Å². The summed E-state index contributed by atoms with van der Waals surface area (Å²) in [5.74, 6) is -0.224. The summed E-state index contributed by atoms with van der Waals surface area (Å²) in [5, 5.41) is 10.8. The fourth-order valence-corrected chi connectivity index (χ4v) is 2.18. The monoisotopic (exact) mass is 313 g/mol. The number of carbonyl (C=O) groups excluding carboxylic acids is 2. The van der Waals surface area contributed by atoms with Crippen molar-refractivity contribution in [3.63, 3.8) is 0 Å². The van der Waals surface area contributed by atoms with Gasteiger partial charge in [0.1, 0.15) is 0 Å². The first-order valence-electron chi connectivity index (χ1n) is 7.81. The maximum atomic E-state index is 12.1. The van der Waals surface area contributed by atoms with Crippen LogP contribution in [0.4, 0.5) is 0 Å². The van der Waals surface area contributed by atoms with E-state index in [0.717, 1.165) is 10.8 Å². The normalized spacial score (nSPS) is 11.9. The zero-order valence-electron chi connectivity index (χ0n) is 13.6. The lowest BCUT2D eigenvalue weighted by Gasteiger charge is -2.11. The van der Waals surface area contributed by atoms with E-state index in [1.54, 1.807) is 6.07 Å². The Morgan fingerprint density at radius 2 is 1.78 bits per heavy atom. The molecule has 0 radical (unpaired) electrons. The fourth-order valence-electron chi connectivity index (χ4n) is 2.18. The van der Waals surface area contributed by atoms with Gasteiger partial charge in [0.15, 0.2) is 0 Å². The molecule has 0 bridgehead atoms. The molecular formula is C18H23N3O2. The number of nitrogens with one attached hydrogen (secondary N) is 3. The zero-order chi connectivity index (χ0) is 16.7. The smallest absolute Gasteiger partial charge is 0.251 e. The van der Waals surface area contributed by atoms with Gasteiger partial charge in [-0.1, -0.05) is 30.3 Å². The van der Waals surface area contributed by atoms with E-state index in [2.05, 4.69) is 16.0 Å². The van der Waals surface area contributed by atoms with Crippen molar-refractivity contribution in [2.24, 2.45) is 0 Å². The number of hydrogen-bond acceptors (Lipinski definition) is 3. The Labute approximate surface area is 136 Å². The number of likely N-dealkylation sites (N-methyl/N-ethyl adjacent to an activating group) is 1. The Balaban J connectivity index is 1.81. The van der Waals surface area contributed by atoms with E-state index in [9.17, 15) is 9.59 Å². The van der Waals surface area contributed by atoms with Gasteiger partial charge in [0.25, 0.3) is 5.91 Å². The molecule has 1 unspecified atom stereocenters. The van der Waals surface area contributed by atoms with Crippen LogP contribution in [0.15, 0.2) is 42.5 Å². The highest BCUT2D eigenvalue weighted by molar-refractivity contribution is 5.98. The molecule has 0 fully saturated rings. The molecule has 23 heavy (non-hydrogen) atoms. The Morgan fingerprint density at radius 3 is 2.52 bits per heavy atom. The van der Waals surface area contributed by atoms with E-state index >= 15 is 0 Å². The van der Waals surface area contributed by atoms with Crippen molar-refractivity contribution in [3.8, 4) is 0 Å². The maximum Gasteiger partial charge on any atom is 0.251 e. The molecule has 3 N–H and O–H groups in total. The van der Waals surface area contributed by atoms with Crippen LogP contribution in [0.1, 0.15) is 23.7 Å². The Hall–Kier alpha value is -2.40. The van der Waals surface area contributed by atoms with Crippen molar-refractivity contribution in [3.05, 3.63) is 48.0 Å². The van der Waals surface area contributed by atoms with Gasteiger partial charge in [-0.05, 0) is 36.9 Å². The second kappa shape index (κ2) is 8.29. The second-order valence-electron chi connectivity index (χ2n) is 5.56. The summed E-state index contributed by atoms with van der Waals surface area (Å²) in [7, 11) is 1.85. The van der Waals surface area contributed by atoms with E-state index in [0.29, 0.717) is 18.7 Å². The first-order chi connectivity index (χ1) is 11.1. The van der Waals surface area contributed by atoms with Crippen molar-refractivity contribution in [2.45, 2.75) is 19.4 Å². The molecule has 2 rings (SSSR count). The topological polar surface area (TPSA) is 70.2 Å². The quantitative estimate of drug-likeness (QED) is 0.728. The average Bonchev–Trinajstić information content (AvgIpc) is 2.59. The summed E-state index contributed by atoms with van der Waals surface area (Å²) in [5.41, 5.74) is 0.605. The predicted octanol–water partition coefficient (Wildman–Crippen LogP) is 1.68. The maximum absolute atomic E-state index is 12.1. The molecule has 0 aliphatic heterocycles. The van der Waals surface area contributed by atoms with Crippen LogP contribution in [0.2, 0.25) is 0 Å². The number of rotatable bonds is 7. The SMILES string of the molecule is CNC(C)CNC(=O)CCNC(=O)c1ccc2ccccc2c1. The highest BCUT2D eigenvalue weighted by atomic mass is 16.2. The van der Waals surface area contributed by atoms with Crippen LogP contribution in [0, 0.1) is 0 Å². The van der Waals surface area contributed by atoms with E-state index in [1.807, 2.05) is 50.4 Å². The largest absolute Gasteiger partial charge is 0.354 e. The Kier molecular flexibility index (Phi) is 6.11. The molecule has 0 saturated heterocycles. The molecule has 0 aromatic heterocycles. The van der Waals surface area contributed by atoms with Crippen LogP contribution in [-0.4, -0.2) is 38.0 Å². The van der Waals surface area contributed by atoms with Gasteiger partial charge in [0.2, 0.25) is 5.91 Å². The molecule has 0 heterocycles. The summed E-state index contributed by atoms with van der Waals surface area (Å²) in [4.78, 5) is 23.8. The average molecular weight is 313 g/mol. The minimum absolute atomic E-state index is 0.0640. The van der Waals surface area contributed by atoms with Crippen molar-refractivity contribution >= 4 is 22.6 Å². The van der Waals surface area contributed by atoms with Crippen molar-refractivity contribution < 1.29 is 9.59 Å². The highest BCUT2D eigenvalue weighted by Gasteiger charge is 2.08. The zero-order valence-corrected chi connectivity index (χ0v) is 13.6. The van der Waals surface area contributed by atoms with Gasteiger partial charge >= 0.3 is 0 Å². The summed E-state index contributed by atoms with van der Waals surface area (Å²) in [6.07, 6.45) is 0.274. The molecule has 0 aliphatic rings. The number of fused-ring (bicyclic) bond motifs is 1. The molecule has 5 heteroatoms. The molecule has 0 aliphatic carbocycles. The predicted molar refractivity (Wildman–Crippen MR) is 92.4 cm³/mol. The number of benzene rings is 2. The number of carbonyl (C=O) groups is 2. The van der Waals surface area contributed by atoms with Gasteiger partial charge in [-0.15, -0.1) is 0 Å². The molecule has 2 aromatic carbocycles. The van der Waals surface area contributed by atoms with E-state index in [1.165, 1.54) is 0 Å². The van der Waals surface area contributed by atoms with Gasteiger partial charge < -0.3 is 16.0 Å². The van der Waals surface area contributed by atoms with Crippen molar-refractivity contribution in [1.82, 2.24) is 16.0 Å². The van der Waals surface area contributed by atoms with Crippen LogP contribution in [0.5, 0.6) is 0 Å². The second-order valence-corrected chi connectivity index (χ2v) is 5.56. The summed E-state index contributed by atoms with van der Waals surface area (Å²) in [6.45, 7) is 2.89. The van der Waals surface area contributed by atoms with E-state index in [4.69, 9.17) is 0 Å². The van der Waals surface area contributed by atoms with Crippen LogP contribution >= 0.6 is 0 Å². The Morgan fingerprint density at radius 1 is 1.04 bits per heavy atom. The summed E-state index contributed by atoms with van der Waals surface area (Å²) < 4.78 is 0. The fraction of sp³-hybridized carbons (Fsp3) is 0.333. The van der Waals surface area contributed by atoms with Gasteiger partial charge in [-0.3, -0.25) is 9.59 Å². The summed E-state index contributed by atoms with van der Waals surface area (Å²) >= 11 is 0. The number of hydrogen-bond donors (Lipinski definition) is 3. The molecular weight excluding hydrogens is 290 g/mol. The van der Waals surface area contributed by atoms with E-state index < -0.39 is 0 Å². The van der Waals surface area contributed by atoms with Crippen LogP contribution in [-0.2, 0) is 4.79 Å². The first-order valence-corrected chi connectivity index (χ1v) is 7.81. The Bertz CT molecular complexity index is 685. The van der Waals surface area contributed by atoms with Gasteiger partial charge in [0.05, 0.1) is 0 Å². The van der Waals surface area contributed by atoms with Crippen molar-refractivity contribution in [1.29, 1.82) is 0 Å². The lowest BCUT2D eigenvalue weighted by molar-refractivity contribution is -0.121. The van der Waals surface area contributed by atoms with Gasteiger partial charge in [0, 0.05) is 31.1 Å². The molecule has 2 aromatic rings. The van der Waals surface area contributed by atoms with Crippen LogP contribution in [0.25, 0.3) is 10.8 Å². The molecule has 2 amide bonds. The van der Waals surface area contributed by atoms with E-state index in [-0.39, 0.29) is 24.3 Å². The van der Waals surface area contributed by atoms with Crippen molar-refractivity contribution in [2.75, 3.05) is 20.1 Å². The number of amides is 2. The lowest BCUT2D eigenvalue weighted by Crippen LogP contribution is -2.38. The third-order valence-electron chi connectivity index (χ3n) is 3.75. The third kappa shape index (κ3) is 5.07. The molecule has 0 saturated carbocycles. The first kappa shape index (κ1) is 17.0. The minimum Gasteiger partial charge on any atom is -0.354 e. The standard InChI is InChI=1S/C18H23N3O2/c1-13(19-2)12-21-17(22)9-10-20-18(23)16-8-7-14-5-3-4-6-15(14)11-16/h3-8,11,13,19H,9-10,12H2,1-2H3,(H,20,23)(H,21,22).